The minimum atomic E-state index is -0.245. The SMILES string of the molecule is Cc1cccc(CNC(C)C(=O)NCc2ccco2)c1. The summed E-state index contributed by atoms with van der Waals surface area (Å²) in [7, 11) is 0. The third-order valence-corrected chi connectivity index (χ3v) is 3.11. The molecular formula is C16H20N2O2. The fourth-order valence-corrected chi connectivity index (χ4v) is 1.93. The first kappa shape index (κ1) is 14.3. The summed E-state index contributed by atoms with van der Waals surface area (Å²) in [5.74, 6) is 0.721. The topological polar surface area (TPSA) is 54.3 Å². The normalized spacial score (nSPS) is 12.1. The second kappa shape index (κ2) is 6.91. The van der Waals surface area contributed by atoms with Crippen molar-refractivity contribution in [2.45, 2.75) is 33.0 Å². The van der Waals surface area contributed by atoms with Crippen LogP contribution in [0.5, 0.6) is 0 Å². The predicted octanol–water partition coefficient (Wildman–Crippen LogP) is 2.38. The van der Waals surface area contributed by atoms with Crippen LogP contribution in [0.25, 0.3) is 0 Å². The van der Waals surface area contributed by atoms with E-state index in [2.05, 4.69) is 29.7 Å². The van der Waals surface area contributed by atoms with Gasteiger partial charge < -0.3 is 15.1 Å². The number of amides is 1. The summed E-state index contributed by atoms with van der Waals surface area (Å²) in [6.07, 6.45) is 1.60. The van der Waals surface area contributed by atoms with Gasteiger partial charge in [-0.05, 0) is 31.5 Å². The van der Waals surface area contributed by atoms with Gasteiger partial charge in [0, 0.05) is 6.54 Å². The summed E-state index contributed by atoms with van der Waals surface area (Å²) in [6, 6.07) is 11.6. The van der Waals surface area contributed by atoms with Gasteiger partial charge in [0.2, 0.25) is 5.91 Å². The lowest BCUT2D eigenvalue weighted by Crippen LogP contribution is -2.41. The molecule has 1 unspecified atom stereocenters. The van der Waals surface area contributed by atoms with Crippen LogP contribution in [0.1, 0.15) is 23.8 Å². The van der Waals surface area contributed by atoms with E-state index in [9.17, 15) is 4.79 Å². The van der Waals surface area contributed by atoms with Gasteiger partial charge in [0.25, 0.3) is 0 Å². The average molecular weight is 272 g/mol. The van der Waals surface area contributed by atoms with Gasteiger partial charge in [0.05, 0.1) is 18.8 Å². The van der Waals surface area contributed by atoms with Crippen molar-refractivity contribution in [2.24, 2.45) is 0 Å². The van der Waals surface area contributed by atoms with Gasteiger partial charge in [-0.25, -0.2) is 0 Å². The number of carbonyl (C=O) groups excluding carboxylic acids is 1. The van der Waals surface area contributed by atoms with E-state index in [1.165, 1.54) is 11.1 Å². The van der Waals surface area contributed by atoms with Crippen LogP contribution in [0.4, 0.5) is 0 Å². The van der Waals surface area contributed by atoms with Gasteiger partial charge >= 0.3 is 0 Å². The van der Waals surface area contributed by atoms with Crippen molar-refractivity contribution in [3.63, 3.8) is 0 Å². The molecule has 20 heavy (non-hydrogen) atoms. The van der Waals surface area contributed by atoms with Crippen molar-refractivity contribution < 1.29 is 9.21 Å². The van der Waals surface area contributed by atoms with E-state index >= 15 is 0 Å². The van der Waals surface area contributed by atoms with Crippen molar-refractivity contribution in [1.82, 2.24) is 10.6 Å². The summed E-state index contributed by atoms with van der Waals surface area (Å²) < 4.78 is 5.17. The molecule has 0 bridgehead atoms. The first-order valence-electron chi connectivity index (χ1n) is 6.74. The second-order valence-electron chi connectivity index (χ2n) is 4.89. The Bertz CT molecular complexity index is 549. The number of benzene rings is 1. The third kappa shape index (κ3) is 4.24. The quantitative estimate of drug-likeness (QED) is 0.849. The van der Waals surface area contributed by atoms with Gasteiger partial charge in [-0.2, -0.15) is 0 Å². The molecule has 0 aliphatic heterocycles. The lowest BCUT2D eigenvalue weighted by atomic mass is 10.1. The lowest BCUT2D eigenvalue weighted by Gasteiger charge is -2.13. The Morgan fingerprint density at radius 1 is 1.25 bits per heavy atom. The van der Waals surface area contributed by atoms with Crippen LogP contribution in [0, 0.1) is 6.92 Å². The van der Waals surface area contributed by atoms with Crippen LogP contribution in [0.3, 0.4) is 0 Å². The predicted molar refractivity (Wildman–Crippen MR) is 78.0 cm³/mol. The van der Waals surface area contributed by atoms with Gasteiger partial charge in [0.15, 0.2) is 0 Å². The van der Waals surface area contributed by atoms with Crippen molar-refractivity contribution in [3.8, 4) is 0 Å². The van der Waals surface area contributed by atoms with E-state index < -0.39 is 0 Å². The number of aryl methyl sites for hydroxylation is 1. The zero-order valence-corrected chi connectivity index (χ0v) is 11.8. The fourth-order valence-electron chi connectivity index (χ4n) is 1.93. The van der Waals surface area contributed by atoms with Crippen LogP contribution in [0.2, 0.25) is 0 Å². The third-order valence-electron chi connectivity index (χ3n) is 3.11. The number of furan rings is 1. The molecule has 0 radical (unpaired) electrons. The number of nitrogens with one attached hydrogen (secondary N) is 2. The molecule has 1 amide bonds. The molecule has 0 aliphatic rings. The molecule has 2 N–H and O–H groups in total. The van der Waals surface area contributed by atoms with Crippen molar-refractivity contribution in [2.75, 3.05) is 0 Å². The van der Waals surface area contributed by atoms with E-state index in [0.29, 0.717) is 13.1 Å². The minimum absolute atomic E-state index is 0.0333. The zero-order valence-electron chi connectivity index (χ0n) is 11.8. The van der Waals surface area contributed by atoms with Gasteiger partial charge in [0.1, 0.15) is 5.76 Å². The number of rotatable bonds is 6. The highest BCUT2D eigenvalue weighted by molar-refractivity contribution is 5.81. The van der Waals surface area contributed by atoms with Crippen LogP contribution >= 0.6 is 0 Å². The van der Waals surface area contributed by atoms with Gasteiger partial charge in [-0.3, -0.25) is 4.79 Å². The summed E-state index contributed by atoms with van der Waals surface area (Å²) in [6.45, 7) is 5.01. The molecule has 106 valence electrons. The second-order valence-corrected chi connectivity index (χ2v) is 4.89. The van der Waals surface area contributed by atoms with Crippen LogP contribution in [-0.4, -0.2) is 11.9 Å². The molecular weight excluding hydrogens is 252 g/mol. The van der Waals surface area contributed by atoms with Gasteiger partial charge in [-0.1, -0.05) is 29.8 Å². The molecule has 1 aromatic heterocycles. The highest BCUT2D eigenvalue weighted by Crippen LogP contribution is 2.04. The van der Waals surface area contributed by atoms with Crippen molar-refractivity contribution in [1.29, 1.82) is 0 Å². The Hall–Kier alpha value is -2.07. The highest BCUT2D eigenvalue weighted by atomic mass is 16.3. The molecule has 0 saturated heterocycles. The Morgan fingerprint density at radius 2 is 2.10 bits per heavy atom. The molecule has 1 heterocycles. The molecule has 0 spiro atoms. The molecule has 1 atom stereocenters. The monoisotopic (exact) mass is 272 g/mol. The fraction of sp³-hybridized carbons (Fsp3) is 0.312. The Labute approximate surface area is 119 Å². The smallest absolute Gasteiger partial charge is 0.237 e. The van der Waals surface area contributed by atoms with Gasteiger partial charge in [-0.15, -0.1) is 0 Å². The number of hydrogen-bond acceptors (Lipinski definition) is 3. The summed E-state index contributed by atoms with van der Waals surface area (Å²) >= 11 is 0. The molecule has 2 rings (SSSR count). The van der Waals surface area contributed by atoms with Crippen LogP contribution < -0.4 is 10.6 Å². The molecule has 0 saturated carbocycles. The minimum Gasteiger partial charge on any atom is -0.467 e. The van der Waals surface area contributed by atoms with E-state index in [-0.39, 0.29) is 11.9 Å². The average Bonchev–Trinajstić information content (AvgIpc) is 2.95. The summed E-state index contributed by atoms with van der Waals surface area (Å²) in [5, 5.41) is 6.05. The molecule has 0 fully saturated rings. The Balaban J connectivity index is 1.76. The summed E-state index contributed by atoms with van der Waals surface area (Å²) in [4.78, 5) is 11.9. The maximum Gasteiger partial charge on any atom is 0.237 e. The Morgan fingerprint density at radius 3 is 2.80 bits per heavy atom. The molecule has 1 aromatic carbocycles. The lowest BCUT2D eigenvalue weighted by molar-refractivity contribution is -0.123. The standard InChI is InChI=1S/C16H20N2O2/c1-12-5-3-6-14(9-12)10-17-13(2)16(19)18-11-15-7-4-8-20-15/h3-9,13,17H,10-11H2,1-2H3,(H,18,19). The van der Waals surface area contributed by atoms with Crippen molar-refractivity contribution in [3.05, 3.63) is 59.5 Å². The van der Waals surface area contributed by atoms with Crippen LogP contribution in [-0.2, 0) is 17.9 Å². The maximum atomic E-state index is 11.9. The van der Waals surface area contributed by atoms with E-state index in [1.54, 1.807) is 12.3 Å². The largest absolute Gasteiger partial charge is 0.467 e. The van der Waals surface area contributed by atoms with Crippen LogP contribution in [0.15, 0.2) is 47.1 Å². The molecule has 4 heteroatoms. The number of carbonyl (C=O) groups is 1. The molecule has 2 aromatic rings. The highest BCUT2D eigenvalue weighted by Gasteiger charge is 2.12. The maximum absolute atomic E-state index is 11.9. The van der Waals surface area contributed by atoms with Crippen molar-refractivity contribution >= 4 is 5.91 Å². The van der Waals surface area contributed by atoms with E-state index in [0.717, 1.165) is 5.76 Å². The zero-order chi connectivity index (χ0) is 14.4. The molecule has 0 aliphatic carbocycles. The first-order chi connectivity index (χ1) is 9.65. The Kier molecular flexibility index (Phi) is 4.96. The summed E-state index contributed by atoms with van der Waals surface area (Å²) in [5.41, 5.74) is 2.40. The number of hydrogen-bond donors (Lipinski definition) is 2. The molecule has 4 nitrogen and oxygen atoms in total. The first-order valence-corrected chi connectivity index (χ1v) is 6.74. The van der Waals surface area contributed by atoms with E-state index in [4.69, 9.17) is 4.42 Å². The van der Waals surface area contributed by atoms with E-state index in [1.807, 2.05) is 25.1 Å².